The summed E-state index contributed by atoms with van der Waals surface area (Å²) < 4.78 is -2.05. The van der Waals surface area contributed by atoms with E-state index in [1.165, 1.54) is 0 Å². The molecule has 4 N–H and O–H groups in total. The smallest absolute Gasteiger partial charge is 0.276 e. The molecule has 0 bridgehead atoms. The molecule has 0 unspecified atom stereocenters. The maximum Gasteiger partial charge on any atom is 0.276 e. The number of aryl methyl sites for hydroxylation is 1. The van der Waals surface area contributed by atoms with Crippen molar-refractivity contribution in [2.24, 2.45) is 5.73 Å². The largest absolute Gasteiger partial charge is 0.330 e. The lowest BCUT2D eigenvalue weighted by Gasteiger charge is -2.14. The summed E-state index contributed by atoms with van der Waals surface area (Å²) in [6, 6.07) is 4.95. The van der Waals surface area contributed by atoms with Gasteiger partial charge in [-0.05, 0) is 24.6 Å². The van der Waals surface area contributed by atoms with Crippen molar-refractivity contribution in [3.63, 3.8) is 0 Å². The molecule has 1 rings (SSSR count). The van der Waals surface area contributed by atoms with Crippen LogP contribution in [0.1, 0.15) is 12.0 Å². The lowest BCUT2D eigenvalue weighted by atomic mass is 10.1. The van der Waals surface area contributed by atoms with Crippen LogP contribution in [0.5, 0.6) is 0 Å². The normalized spacial score (nSPS) is 11.1. The molecule has 0 saturated heterocycles. The van der Waals surface area contributed by atoms with Crippen molar-refractivity contribution in [1.82, 2.24) is 0 Å². The molecule has 0 spiro atoms. The fourth-order valence-corrected chi connectivity index (χ4v) is 1.52. The van der Waals surface area contributed by atoms with Gasteiger partial charge in [-0.3, -0.25) is 9.59 Å². The van der Waals surface area contributed by atoms with Crippen LogP contribution in [-0.4, -0.2) is 22.2 Å². The Labute approximate surface area is 131 Å². The minimum Gasteiger partial charge on any atom is -0.330 e. The Morgan fingerprint density at radius 3 is 2.45 bits per heavy atom. The molecule has 0 aliphatic carbocycles. The minimum atomic E-state index is -2.05. The van der Waals surface area contributed by atoms with Crippen LogP contribution >= 0.6 is 34.8 Å². The van der Waals surface area contributed by atoms with E-state index in [4.69, 9.17) is 40.5 Å². The molecule has 0 heterocycles. The van der Waals surface area contributed by atoms with Gasteiger partial charge in [0.2, 0.25) is 5.91 Å². The van der Waals surface area contributed by atoms with E-state index in [1.54, 1.807) is 18.2 Å². The van der Waals surface area contributed by atoms with Gasteiger partial charge in [-0.25, -0.2) is 0 Å². The lowest BCUT2D eigenvalue weighted by molar-refractivity contribution is -0.116. The highest BCUT2D eigenvalue weighted by atomic mass is 35.6. The number of amides is 2. The summed E-state index contributed by atoms with van der Waals surface area (Å²) in [4.78, 5) is 23.1. The SMILES string of the molecule is Cc1ccc(NC(=O)C(Cl)(Cl)Cl)cc1NC(=O)CCN. The zero-order valence-electron chi connectivity index (χ0n) is 10.7. The van der Waals surface area contributed by atoms with Crippen molar-refractivity contribution >= 4 is 58.0 Å². The average molecular weight is 339 g/mol. The van der Waals surface area contributed by atoms with Gasteiger partial charge in [0.25, 0.3) is 9.70 Å². The number of halogens is 3. The Bertz CT molecular complexity index is 515. The molecule has 0 fully saturated rings. The van der Waals surface area contributed by atoms with Crippen LogP contribution in [-0.2, 0) is 9.59 Å². The zero-order chi connectivity index (χ0) is 15.3. The number of hydrogen-bond donors (Lipinski definition) is 3. The van der Waals surface area contributed by atoms with E-state index in [0.717, 1.165) is 5.56 Å². The van der Waals surface area contributed by atoms with E-state index in [-0.39, 0.29) is 18.9 Å². The van der Waals surface area contributed by atoms with Crippen molar-refractivity contribution < 1.29 is 9.59 Å². The third kappa shape index (κ3) is 5.17. The number of alkyl halides is 3. The molecular weight excluding hydrogens is 325 g/mol. The Balaban J connectivity index is 2.86. The molecular formula is C12H14Cl3N3O2. The van der Waals surface area contributed by atoms with Gasteiger partial charge >= 0.3 is 0 Å². The van der Waals surface area contributed by atoms with Crippen molar-refractivity contribution in [3.8, 4) is 0 Å². The fourth-order valence-electron chi connectivity index (χ4n) is 1.38. The summed E-state index contributed by atoms with van der Waals surface area (Å²) >= 11 is 16.4. The molecule has 20 heavy (non-hydrogen) atoms. The van der Waals surface area contributed by atoms with Crippen molar-refractivity contribution in [2.45, 2.75) is 17.1 Å². The van der Waals surface area contributed by atoms with E-state index in [9.17, 15) is 9.59 Å². The number of carbonyl (C=O) groups excluding carboxylic acids is 2. The zero-order valence-corrected chi connectivity index (χ0v) is 12.9. The second-order valence-corrected chi connectivity index (χ2v) is 6.35. The minimum absolute atomic E-state index is 0.208. The van der Waals surface area contributed by atoms with Crippen LogP contribution in [0, 0.1) is 6.92 Å². The monoisotopic (exact) mass is 337 g/mol. The summed E-state index contributed by atoms with van der Waals surface area (Å²) in [5.74, 6) is -0.981. The van der Waals surface area contributed by atoms with E-state index in [2.05, 4.69) is 10.6 Å². The molecule has 2 amide bonds. The standard InChI is InChI=1S/C12H14Cl3N3O2/c1-7-2-3-8(17-11(20)12(13,14)15)6-9(7)18-10(19)4-5-16/h2-3,6H,4-5,16H2,1H3,(H,17,20)(H,18,19). The quantitative estimate of drug-likeness (QED) is 0.738. The van der Waals surface area contributed by atoms with Gasteiger partial charge < -0.3 is 16.4 Å². The van der Waals surface area contributed by atoms with E-state index in [0.29, 0.717) is 11.4 Å². The molecule has 110 valence electrons. The van der Waals surface area contributed by atoms with Crippen LogP contribution in [0.2, 0.25) is 0 Å². The van der Waals surface area contributed by atoms with Crippen LogP contribution < -0.4 is 16.4 Å². The first-order valence-corrected chi connectivity index (χ1v) is 6.86. The van der Waals surface area contributed by atoms with Crippen LogP contribution in [0.3, 0.4) is 0 Å². The first-order valence-electron chi connectivity index (χ1n) is 5.73. The second-order valence-electron chi connectivity index (χ2n) is 4.07. The van der Waals surface area contributed by atoms with Crippen molar-refractivity contribution in [1.29, 1.82) is 0 Å². The van der Waals surface area contributed by atoms with Gasteiger partial charge in [-0.2, -0.15) is 0 Å². The molecule has 1 aromatic carbocycles. The van der Waals surface area contributed by atoms with Crippen LogP contribution in [0.15, 0.2) is 18.2 Å². The molecule has 0 radical (unpaired) electrons. The summed E-state index contributed by atoms with van der Waals surface area (Å²) in [6.45, 7) is 2.08. The van der Waals surface area contributed by atoms with Crippen molar-refractivity contribution in [2.75, 3.05) is 17.2 Å². The van der Waals surface area contributed by atoms with Gasteiger partial charge in [0, 0.05) is 24.3 Å². The molecule has 1 aromatic rings. The van der Waals surface area contributed by atoms with Gasteiger partial charge in [-0.15, -0.1) is 0 Å². The molecule has 0 aliphatic rings. The fraction of sp³-hybridized carbons (Fsp3) is 0.333. The Hall–Kier alpha value is -1.01. The second kappa shape index (κ2) is 7.13. The first-order chi connectivity index (χ1) is 9.24. The number of benzene rings is 1. The highest BCUT2D eigenvalue weighted by molar-refractivity contribution is 6.76. The van der Waals surface area contributed by atoms with Crippen LogP contribution in [0.4, 0.5) is 11.4 Å². The van der Waals surface area contributed by atoms with Gasteiger partial charge in [0.15, 0.2) is 0 Å². The predicted molar refractivity (Wildman–Crippen MR) is 82.4 cm³/mol. The van der Waals surface area contributed by atoms with Gasteiger partial charge in [0.1, 0.15) is 0 Å². The summed E-state index contributed by atoms with van der Waals surface area (Å²) in [6.07, 6.45) is 0.212. The third-order valence-electron chi connectivity index (χ3n) is 2.40. The Morgan fingerprint density at radius 2 is 1.90 bits per heavy atom. The molecule has 0 atom stereocenters. The predicted octanol–water partition coefficient (Wildman–Crippen LogP) is 2.59. The number of nitrogens with two attached hydrogens (primary N) is 1. The Morgan fingerprint density at radius 1 is 1.25 bits per heavy atom. The highest BCUT2D eigenvalue weighted by Gasteiger charge is 2.30. The number of nitrogens with one attached hydrogen (secondary N) is 2. The van der Waals surface area contributed by atoms with E-state index >= 15 is 0 Å². The summed E-state index contributed by atoms with van der Waals surface area (Å²) in [5.41, 5.74) is 7.11. The molecule has 5 nitrogen and oxygen atoms in total. The molecule has 8 heteroatoms. The Kier molecular flexibility index (Phi) is 6.07. The van der Waals surface area contributed by atoms with Crippen LogP contribution in [0.25, 0.3) is 0 Å². The van der Waals surface area contributed by atoms with E-state index < -0.39 is 9.70 Å². The number of carbonyl (C=O) groups is 2. The molecule has 0 aromatic heterocycles. The van der Waals surface area contributed by atoms with Gasteiger partial charge in [-0.1, -0.05) is 40.9 Å². The van der Waals surface area contributed by atoms with E-state index in [1.807, 2.05) is 6.92 Å². The third-order valence-corrected chi connectivity index (χ3v) is 2.91. The number of hydrogen-bond acceptors (Lipinski definition) is 3. The first kappa shape index (κ1) is 17.0. The highest BCUT2D eigenvalue weighted by Crippen LogP contribution is 2.28. The van der Waals surface area contributed by atoms with Gasteiger partial charge in [0.05, 0.1) is 0 Å². The molecule has 0 saturated carbocycles. The topological polar surface area (TPSA) is 84.2 Å². The number of rotatable bonds is 4. The number of anilines is 2. The van der Waals surface area contributed by atoms with Crippen molar-refractivity contribution in [3.05, 3.63) is 23.8 Å². The maximum atomic E-state index is 11.5. The summed E-state index contributed by atoms with van der Waals surface area (Å²) in [5, 5.41) is 5.14. The molecule has 0 aliphatic heterocycles. The summed E-state index contributed by atoms with van der Waals surface area (Å²) in [7, 11) is 0. The average Bonchev–Trinajstić information content (AvgIpc) is 2.32. The maximum absolute atomic E-state index is 11.5. The lowest BCUT2D eigenvalue weighted by Crippen LogP contribution is -2.27.